The first kappa shape index (κ1) is 18.2. The molecule has 0 bridgehead atoms. The third-order valence-electron chi connectivity index (χ3n) is 4.41. The summed E-state index contributed by atoms with van der Waals surface area (Å²) >= 11 is 0. The fraction of sp³-hybridized carbons (Fsp3) is 0.350. The molecule has 1 N–H and O–H groups in total. The highest BCUT2D eigenvalue weighted by molar-refractivity contribution is 5.77. The average molecular weight is 358 g/mol. The molecule has 0 radical (unpaired) electrons. The van der Waals surface area contributed by atoms with Crippen molar-refractivity contribution >= 4 is 5.91 Å². The SMILES string of the molecule is CN(C)C(CNC(=O)COc1ccccc1F)c1ccc2c(c1)CCO2. The molecule has 3 rings (SSSR count). The molecular weight excluding hydrogens is 335 g/mol. The molecule has 1 atom stereocenters. The Kier molecular flexibility index (Phi) is 5.73. The van der Waals surface area contributed by atoms with Crippen LogP contribution in [0.5, 0.6) is 11.5 Å². The number of benzene rings is 2. The quantitative estimate of drug-likeness (QED) is 0.827. The van der Waals surface area contributed by atoms with Crippen LogP contribution < -0.4 is 14.8 Å². The van der Waals surface area contributed by atoms with E-state index in [1.54, 1.807) is 12.1 Å². The van der Waals surface area contributed by atoms with Crippen LogP contribution in [-0.2, 0) is 11.2 Å². The molecular formula is C20H23FN2O3. The zero-order valence-corrected chi connectivity index (χ0v) is 15.0. The van der Waals surface area contributed by atoms with Gasteiger partial charge in [-0.1, -0.05) is 24.3 Å². The number of amides is 1. The van der Waals surface area contributed by atoms with Crippen LogP contribution in [0.15, 0.2) is 42.5 Å². The molecule has 138 valence electrons. The first-order valence-electron chi connectivity index (χ1n) is 8.60. The molecule has 2 aromatic carbocycles. The third kappa shape index (κ3) is 4.32. The number of likely N-dealkylation sites (N-methyl/N-ethyl adjacent to an activating group) is 1. The molecule has 0 saturated heterocycles. The smallest absolute Gasteiger partial charge is 0.258 e. The van der Waals surface area contributed by atoms with Crippen LogP contribution in [-0.4, -0.2) is 44.7 Å². The fourth-order valence-corrected chi connectivity index (χ4v) is 2.98. The van der Waals surface area contributed by atoms with Gasteiger partial charge in [0.2, 0.25) is 0 Å². The maximum atomic E-state index is 13.5. The lowest BCUT2D eigenvalue weighted by atomic mass is 10.0. The van der Waals surface area contributed by atoms with Gasteiger partial charge in [-0.3, -0.25) is 4.79 Å². The van der Waals surface area contributed by atoms with Gasteiger partial charge in [0.25, 0.3) is 5.91 Å². The first-order valence-corrected chi connectivity index (χ1v) is 8.60. The van der Waals surface area contributed by atoms with E-state index in [0.29, 0.717) is 6.54 Å². The number of halogens is 1. The summed E-state index contributed by atoms with van der Waals surface area (Å²) in [4.78, 5) is 14.1. The highest BCUT2D eigenvalue weighted by Gasteiger charge is 2.19. The second-order valence-electron chi connectivity index (χ2n) is 6.47. The van der Waals surface area contributed by atoms with Crippen LogP contribution in [0.25, 0.3) is 0 Å². The van der Waals surface area contributed by atoms with Crippen LogP contribution in [0, 0.1) is 5.82 Å². The largest absolute Gasteiger partial charge is 0.493 e. The van der Waals surface area contributed by atoms with E-state index < -0.39 is 5.82 Å². The maximum absolute atomic E-state index is 13.5. The number of rotatable bonds is 7. The van der Waals surface area contributed by atoms with Gasteiger partial charge in [-0.05, 0) is 43.4 Å². The summed E-state index contributed by atoms with van der Waals surface area (Å²) in [7, 11) is 3.94. The number of carbonyl (C=O) groups is 1. The second kappa shape index (κ2) is 8.19. The molecule has 5 nitrogen and oxygen atoms in total. The van der Waals surface area contributed by atoms with E-state index in [2.05, 4.69) is 16.3 Å². The predicted octanol–water partition coefficient (Wildman–Crippen LogP) is 2.56. The van der Waals surface area contributed by atoms with Crippen LogP contribution >= 0.6 is 0 Å². The van der Waals surface area contributed by atoms with Crippen molar-refractivity contribution in [3.8, 4) is 11.5 Å². The standard InChI is InChI=1S/C20H23FN2O3/c1-23(2)17(14-7-8-18-15(11-14)9-10-25-18)12-22-20(24)13-26-19-6-4-3-5-16(19)21/h3-8,11,17H,9-10,12-13H2,1-2H3,(H,22,24). The molecule has 1 heterocycles. The van der Waals surface area contributed by atoms with E-state index in [0.717, 1.165) is 24.3 Å². The highest BCUT2D eigenvalue weighted by atomic mass is 19.1. The van der Waals surface area contributed by atoms with Crippen LogP contribution in [0.4, 0.5) is 4.39 Å². The van der Waals surface area contributed by atoms with Gasteiger partial charge in [-0.25, -0.2) is 4.39 Å². The summed E-state index contributed by atoms with van der Waals surface area (Å²) in [5, 5.41) is 2.86. The Labute approximate surface area is 152 Å². The van der Waals surface area contributed by atoms with Gasteiger partial charge in [0.1, 0.15) is 5.75 Å². The molecule has 0 saturated carbocycles. The number of nitrogens with zero attached hydrogens (tertiary/aromatic N) is 1. The summed E-state index contributed by atoms with van der Waals surface area (Å²) < 4.78 is 24.3. The average Bonchev–Trinajstić information content (AvgIpc) is 3.09. The zero-order valence-electron chi connectivity index (χ0n) is 15.0. The molecule has 1 aliphatic rings. The number of fused-ring (bicyclic) bond motifs is 1. The van der Waals surface area contributed by atoms with Crippen LogP contribution in [0.2, 0.25) is 0 Å². The number of para-hydroxylation sites is 1. The Bertz CT molecular complexity index is 779. The molecule has 0 aliphatic carbocycles. The summed E-state index contributed by atoms with van der Waals surface area (Å²) in [6.07, 6.45) is 0.909. The zero-order chi connectivity index (χ0) is 18.5. The van der Waals surface area contributed by atoms with Gasteiger partial charge < -0.3 is 19.7 Å². The summed E-state index contributed by atoms with van der Waals surface area (Å²) in [5.41, 5.74) is 2.32. The summed E-state index contributed by atoms with van der Waals surface area (Å²) in [5.74, 6) is 0.246. The van der Waals surface area contributed by atoms with Crippen molar-refractivity contribution in [2.75, 3.05) is 33.9 Å². The lowest BCUT2D eigenvalue weighted by Crippen LogP contribution is -2.37. The Morgan fingerprint density at radius 2 is 2.12 bits per heavy atom. The van der Waals surface area contributed by atoms with E-state index >= 15 is 0 Å². The van der Waals surface area contributed by atoms with Crippen LogP contribution in [0.3, 0.4) is 0 Å². The Balaban J connectivity index is 1.57. The number of ether oxygens (including phenoxy) is 2. The minimum atomic E-state index is -0.480. The highest BCUT2D eigenvalue weighted by Crippen LogP contribution is 2.29. The second-order valence-corrected chi connectivity index (χ2v) is 6.47. The summed E-state index contributed by atoms with van der Waals surface area (Å²) in [6, 6.07) is 12.2. The van der Waals surface area contributed by atoms with Crippen molar-refractivity contribution in [3.63, 3.8) is 0 Å². The Hall–Kier alpha value is -2.60. The number of hydrogen-bond donors (Lipinski definition) is 1. The van der Waals surface area contributed by atoms with Gasteiger partial charge in [-0.2, -0.15) is 0 Å². The van der Waals surface area contributed by atoms with Crippen molar-refractivity contribution in [2.45, 2.75) is 12.5 Å². The molecule has 6 heteroatoms. The van der Waals surface area contributed by atoms with Gasteiger partial charge in [0, 0.05) is 13.0 Å². The van der Waals surface area contributed by atoms with Gasteiger partial charge in [-0.15, -0.1) is 0 Å². The molecule has 0 spiro atoms. The Morgan fingerprint density at radius 3 is 2.88 bits per heavy atom. The van der Waals surface area contributed by atoms with Crippen molar-refractivity contribution in [1.29, 1.82) is 0 Å². The van der Waals surface area contributed by atoms with E-state index in [-0.39, 0.29) is 24.3 Å². The molecule has 1 amide bonds. The lowest BCUT2D eigenvalue weighted by molar-refractivity contribution is -0.123. The van der Waals surface area contributed by atoms with Crippen molar-refractivity contribution in [3.05, 3.63) is 59.4 Å². The normalized spacial score (nSPS) is 13.8. The van der Waals surface area contributed by atoms with Gasteiger partial charge >= 0.3 is 0 Å². The monoisotopic (exact) mass is 358 g/mol. The molecule has 1 aliphatic heterocycles. The fourth-order valence-electron chi connectivity index (χ4n) is 2.98. The van der Waals surface area contributed by atoms with Gasteiger partial charge in [0.05, 0.1) is 12.6 Å². The predicted molar refractivity (Wildman–Crippen MR) is 97.0 cm³/mol. The summed E-state index contributed by atoms with van der Waals surface area (Å²) in [6.45, 7) is 0.931. The topological polar surface area (TPSA) is 50.8 Å². The molecule has 0 aromatic heterocycles. The van der Waals surface area contributed by atoms with Crippen molar-refractivity contribution in [1.82, 2.24) is 10.2 Å². The van der Waals surface area contributed by atoms with E-state index in [1.165, 1.54) is 17.7 Å². The number of nitrogens with one attached hydrogen (secondary N) is 1. The molecule has 2 aromatic rings. The number of carbonyl (C=O) groups excluding carboxylic acids is 1. The van der Waals surface area contributed by atoms with E-state index in [1.807, 2.05) is 26.2 Å². The third-order valence-corrected chi connectivity index (χ3v) is 4.41. The molecule has 26 heavy (non-hydrogen) atoms. The van der Waals surface area contributed by atoms with E-state index in [4.69, 9.17) is 9.47 Å². The van der Waals surface area contributed by atoms with Crippen molar-refractivity contribution < 1.29 is 18.7 Å². The minimum absolute atomic E-state index is 0.0262. The Morgan fingerprint density at radius 1 is 1.31 bits per heavy atom. The van der Waals surface area contributed by atoms with Crippen molar-refractivity contribution in [2.24, 2.45) is 0 Å². The maximum Gasteiger partial charge on any atom is 0.258 e. The first-order chi connectivity index (χ1) is 12.5. The molecule has 0 fully saturated rings. The number of hydrogen-bond acceptors (Lipinski definition) is 4. The minimum Gasteiger partial charge on any atom is -0.493 e. The molecule has 1 unspecified atom stereocenters. The van der Waals surface area contributed by atoms with Crippen LogP contribution in [0.1, 0.15) is 17.2 Å². The van der Waals surface area contributed by atoms with Gasteiger partial charge in [0.15, 0.2) is 18.2 Å². The van der Waals surface area contributed by atoms with E-state index in [9.17, 15) is 9.18 Å². The lowest BCUT2D eigenvalue weighted by Gasteiger charge is -2.25.